The number of phenols is 2. The molecular weight excluding hydrogens is 264 g/mol. The third kappa shape index (κ3) is 2.42. The molecule has 4 nitrogen and oxygen atoms in total. The fourth-order valence-corrected chi connectivity index (χ4v) is 2.95. The summed E-state index contributed by atoms with van der Waals surface area (Å²) in [5.41, 5.74) is 1.21. The van der Waals surface area contributed by atoms with Gasteiger partial charge in [-0.1, -0.05) is 12.1 Å². The van der Waals surface area contributed by atoms with Crippen molar-refractivity contribution in [2.45, 2.75) is 23.6 Å². The standard InChI is InChI=1S/C14H14O4S/c1-9-3-5-11(7-13(9)15)19(17,18)12-6-4-10(2)14(16)8-12/h3-8,15-16H,1-2H3. The number of benzene rings is 2. The predicted octanol–water partition coefficient (Wildman–Crippen LogP) is 2.55. The van der Waals surface area contributed by atoms with Crippen LogP contribution in [0.3, 0.4) is 0 Å². The molecule has 2 aromatic rings. The number of hydrogen-bond acceptors (Lipinski definition) is 4. The zero-order chi connectivity index (χ0) is 14.2. The summed E-state index contributed by atoms with van der Waals surface area (Å²) < 4.78 is 24.7. The summed E-state index contributed by atoms with van der Waals surface area (Å²) >= 11 is 0. The van der Waals surface area contributed by atoms with Gasteiger partial charge in [-0.3, -0.25) is 0 Å². The van der Waals surface area contributed by atoms with Crippen LogP contribution in [0.15, 0.2) is 46.2 Å². The second-order valence-electron chi connectivity index (χ2n) is 4.40. The maximum absolute atomic E-state index is 12.3. The van der Waals surface area contributed by atoms with E-state index in [1.54, 1.807) is 13.8 Å². The highest BCUT2D eigenvalue weighted by Crippen LogP contribution is 2.28. The Bertz CT molecular complexity index is 676. The van der Waals surface area contributed by atoms with Crippen LogP contribution in [-0.2, 0) is 9.84 Å². The molecule has 0 radical (unpaired) electrons. The van der Waals surface area contributed by atoms with E-state index >= 15 is 0 Å². The van der Waals surface area contributed by atoms with Crippen LogP contribution >= 0.6 is 0 Å². The van der Waals surface area contributed by atoms with Gasteiger partial charge in [0.25, 0.3) is 0 Å². The zero-order valence-electron chi connectivity index (χ0n) is 10.6. The molecule has 0 fully saturated rings. The lowest BCUT2D eigenvalue weighted by Crippen LogP contribution is -2.02. The van der Waals surface area contributed by atoms with Crippen molar-refractivity contribution in [3.63, 3.8) is 0 Å². The Morgan fingerprint density at radius 2 is 1.16 bits per heavy atom. The smallest absolute Gasteiger partial charge is 0.206 e. The Labute approximate surface area is 111 Å². The van der Waals surface area contributed by atoms with E-state index in [-0.39, 0.29) is 21.3 Å². The normalized spacial score (nSPS) is 11.5. The van der Waals surface area contributed by atoms with Crippen molar-refractivity contribution in [3.8, 4) is 11.5 Å². The molecule has 0 aliphatic heterocycles. The minimum Gasteiger partial charge on any atom is -0.508 e. The molecule has 0 saturated carbocycles. The lowest BCUT2D eigenvalue weighted by Gasteiger charge is -2.08. The first-order valence-corrected chi connectivity index (χ1v) is 7.15. The molecule has 0 unspecified atom stereocenters. The van der Waals surface area contributed by atoms with E-state index < -0.39 is 9.84 Å². The Hall–Kier alpha value is -2.01. The molecule has 0 aliphatic carbocycles. The van der Waals surface area contributed by atoms with Crippen molar-refractivity contribution in [3.05, 3.63) is 47.5 Å². The average Bonchev–Trinajstić information content (AvgIpc) is 2.35. The molecule has 0 aromatic heterocycles. The molecule has 0 bridgehead atoms. The topological polar surface area (TPSA) is 74.6 Å². The first kappa shape index (κ1) is 13.4. The van der Waals surface area contributed by atoms with Gasteiger partial charge < -0.3 is 10.2 Å². The first-order valence-electron chi connectivity index (χ1n) is 5.66. The number of phenolic OH excluding ortho intramolecular Hbond substituents is 2. The van der Waals surface area contributed by atoms with Crippen molar-refractivity contribution < 1.29 is 18.6 Å². The molecule has 19 heavy (non-hydrogen) atoms. The summed E-state index contributed by atoms with van der Waals surface area (Å²) in [7, 11) is -3.74. The molecule has 0 heterocycles. The third-order valence-electron chi connectivity index (χ3n) is 2.98. The molecule has 0 atom stereocenters. The minimum atomic E-state index is -3.74. The number of hydrogen-bond donors (Lipinski definition) is 2. The summed E-state index contributed by atoms with van der Waals surface area (Å²) in [5.74, 6) is -0.144. The van der Waals surface area contributed by atoms with E-state index in [1.165, 1.54) is 36.4 Å². The first-order chi connectivity index (χ1) is 8.82. The average molecular weight is 278 g/mol. The summed E-state index contributed by atoms with van der Waals surface area (Å²) in [6, 6.07) is 8.36. The van der Waals surface area contributed by atoms with Crippen LogP contribution in [0.4, 0.5) is 0 Å². The Kier molecular flexibility index (Phi) is 3.24. The lowest BCUT2D eigenvalue weighted by atomic mass is 10.2. The van der Waals surface area contributed by atoms with Crippen LogP contribution in [0.1, 0.15) is 11.1 Å². The summed E-state index contributed by atoms with van der Waals surface area (Å²) in [6.07, 6.45) is 0. The molecule has 2 N–H and O–H groups in total. The van der Waals surface area contributed by atoms with Gasteiger partial charge in [0.1, 0.15) is 11.5 Å². The second kappa shape index (κ2) is 4.59. The lowest BCUT2D eigenvalue weighted by molar-refractivity contribution is 0.468. The van der Waals surface area contributed by atoms with Gasteiger partial charge in [0.15, 0.2) is 0 Å². The SMILES string of the molecule is Cc1ccc(S(=O)(=O)c2ccc(C)c(O)c2)cc1O. The van der Waals surface area contributed by atoms with Crippen LogP contribution in [0, 0.1) is 13.8 Å². The van der Waals surface area contributed by atoms with Crippen LogP contribution < -0.4 is 0 Å². The summed E-state index contributed by atoms with van der Waals surface area (Å²) in [4.78, 5) is -0.00212. The minimum absolute atomic E-state index is 0.00106. The predicted molar refractivity (Wildman–Crippen MR) is 71.1 cm³/mol. The number of sulfone groups is 1. The Morgan fingerprint density at radius 1 is 0.789 bits per heavy atom. The van der Waals surface area contributed by atoms with Crippen molar-refractivity contribution in [2.75, 3.05) is 0 Å². The molecule has 5 heteroatoms. The van der Waals surface area contributed by atoms with Crippen molar-refractivity contribution >= 4 is 9.84 Å². The van der Waals surface area contributed by atoms with E-state index in [1.807, 2.05) is 0 Å². The van der Waals surface area contributed by atoms with Crippen molar-refractivity contribution in [1.29, 1.82) is 0 Å². The molecule has 0 spiro atoms. The van der Waals surface area contributed by atoms with E-state index in [4.69, 9.17) is 0 Å². The van der Waals surface area contributed by atoms with E-state index in [0.29, 0.717) is 11.1 Å². The van der Waals surface area contributed by atoms with Gasteiger partial charge in [0, 0.05) is 0 Å². The van der Waals surface area contributed by atoms with Gasteiger partial charge in [-0.05, 0) is 49.2 Å². The summed E-state index contributed by atoms with van der Waals surface area (Å²) in [6.45, 7) is 3.37. The fourth-order valence-electron chi connectivity index (χ4n) is 1.65. The fraction of sp³-hybridized carbons (Fsp3) is 0.143. The van der Waals surface area contributed by atoms with Crippen LogP contribution in [-0.4, -0.2) is 18.6 Å². The molecule has 0 amide bonds. The Morgan fingerprint density at radius 3 is 1.47 bits per heavy atom. The molecular formula is C14H14O4S. The molecule has 100 valence electrons. The largest absolute Gasteiger partial charge is 0.508 e. The maximum Gasteiger partial charge on any atom is 0.206 e. The van der Waals surface area contributed by atoms with Crippen molar-refractivity contribution in [2.24, 2.45) is 0 Å². The maximum atomic E-state index is 12.3. The monoisotopic (exact) mass is 278 g/mol. The summed E-state index contributed by atoms with van der Waals surface area (Å²) in [5, 5.41) is 19.2. The molecule has 2 aromatic carbocycles. The third-order valence-corrected chi connectivity index (χ3v) is 4.73. The van der Waals surface area contributed by atoms with Gasteiger partial charge in [0.05, 0.1) is 9.79 Å². The highest BCUT2D eigenvalue weighted by atomic mass is 32.2. The van der Waals surface area contributed by atoms with E-state index in [9.17, 15) is 18.6 Å². The van der Waals surface area contributed by atoms with E-state index in [2.05, 4.69) is 0 Å². The van der Waals surface area contributed by atoms with Gasteiger partial charge in [-0.2, -0.15) is 0 Å². The van der Waals surface area contributed by atoms with Crippen LogP contribution in [0.5, 0.6) is 11.5 Å². The van der Waals surface area contributed by atoms with E-state index in [0.717, 1.165) is 0 Å². The number of aromatic hydroxyl groups is 2. The van der Waals surface area contributed by atoms with Gasteiger partial charge >= 0.3 is 0 Å². The van der Waals surface area contributed by atoms with Crippen molar-refractivity contribution in [1.82, 2.24) is 0 Å². The Balaban J connectivity index is 2.58. The number of rotatable bonds is 2. The number of aryl methyl sites for hydroxylation is 2. The highest BCUT2D eigenvalue weighted by molar-refractivity contribution is 7.91. The van der Waals surface area contributed by atoms with Gasteiger partial charge in [0.2, 0.25) is 9.84 Å². The second-order valence-corrected chi connectivity index (χ2v) is 6.35. The molecule has 0 aliphatic rings. The van der Waals surface area contributed by atoms with Gasteiger partial charge in [-0.15, -0.1) is 0 Å². The molecule has 0 saturated heterocycles. The highest BCUT2D eigenvalue weighted by Gasteiger charge is 2.19. The molecule has 2 rings (SSSR count). The quantitative estimate of drug-likeness (QED) is 0.885. The zero-order valence-corrected chi connectivity index (χ0v) is 11.4. The van der Waals surface area contributed by atoms with Gasteiger partial charge in [-0.25, -0.2) is 8.42 Å². The van der Waals surface area contributed by atoms with Crippen LogP contribution in [0.25, 0.3) is 0 Å². The van der Waals surface area contributed by atoms with Crippen LogP contribution in [0.2, 0.25) is 0 Å².